The molecule has 0 bridgehead atoms. The van der Waals surface area contributed by atoms with Crippen molar-refractivity contribution in [2.24, 2.45) is 0 Å². The lowest BCUT2D eigenvalue weighted by molar-refractivity contribution is -0.268. The number of anilines is 2. The first-order chi connectivity index (χ1) is 14.3. The van der Waals surface area contributed by atoms with Gasteiger partial charge in [-0.2, -0.15) is 10.1 Å². The van der Waals surface area contributed by atoms with Crippen molar-refractivity contribution in [1.82, 2.24) is 29.5 Å². The third kappa shape index (κ3) is 3.50. The lowest BCUT2D eigenvalue weighted by Crippen LogP contribution is -2.61. The van der Waals surface area contributed by atoms with Crippen molar-refractivity contribution < 1.29 is 9.90 Å². The van der Waals surface area contributed by atoms with E-state index < -0.39 is 6.09 Å². The van der Waals surface area contributed by atoms with Gasteiger partial charge in [-0.15, -0.1) is 0 Å². The highest BCUT2D eigenvalue weighted by molar-refractivity contribution is 5.91. The molecular formula is C20H26N8O2. The first-order valence-electron chi connectivity index (χ1n) is 10.0. The fourth-order valence-corrected chi connectivity index (χ4v) is 4.40. The van der Waals surface area contributed by atoms with Gasteiger partial charge in [0.1, 0.15) is 12.6 Å². The second kappa shape index (κ2) is 7.45. The smallest absolute Gasteiger partial charge is 0.232 e. The van der Waals surface area contributed by atoms with E-state index >= 15 is 0 Å². The van der Waals surface area contributed by atoms with Gasteiger partial charge in [0.05, 0.1) is 30.8 Å². The van der Waals surface area contributed by atoms with Gasteiger partial charge in [-0.05, 0) is 31.9 Å². The molecule has 158 valence electrons. The summed E-state index contributed by atoms with van der Waals surface area (Å²) in [4.78, 5) is 21.8. The van der Waals surface area contributed by atoms with E-state index in [0.29, 0.717) is 29.1 Å². The van der Waals surface area contributed by atoms with Crippen LogP contribution < -0.4 is 21.1 Å². The fraction of sp³-hybridized carbons (Fsp3) is 0.400. The Labute approximate surface area is 174 Å². The SMILES string of the molecule is CCN(C(=O)[O-])[C@@H]1CCC[N+](C)(c2cc(-c3ccc4c(N)n[nH]c4c3)nc(N)n2)C1. The molecule has 1 unspecified atom stereocenters. The maximum atomic E-state index is 11.5. The summed E-state index contributed by atoms with van der Waals surface area (Å²) in [5.74, 6) is 1.39. The number of likely N-dealkylation sites (tertiary alicyclic amines) is 1. The molecule has 10 nitrogen and oxygen atoms in total. The summed E-state index contributed by atoms with van der Waals surface area (Å²) < 4.78 is 0.480. The van der Waals surface area contributed by atoms with Crippen LogP contribution in [-0.4, -0.2) is 63.9 Å². The predicted molar refractivity (Wildman–Crippen MR) is 114 cm³/mol. The number of rotatable bonds is 4. The van der Waals surface area contributed by atoms with Crippen LogP contribution in [0, 0.1) is 0 Å². The molecule has 1 amide bonds. The molecule has 2 aromatic heterocycles. The molecule has 4 rings (SSSR count). The number of nitrogens with zero attached hydrogens (tertiary/aromatic N) is 5. The molecule has 1 saturated heterocycles. The van der Waals surface area contributed by atoms with E-state index in [4.69, 9.17) is 11.5 Å². The number of fused-ring (bicyclic) bond motifs is 1. The number of nitrogens with one attached hydrogen (secondary N) is 1. The number of carbonyl (C=O) groups is 1. The van der Waals surface area contributed by atoms with Crippen LogP contribution in [0.1, 0.15) is 19.8 Å². The van der Waals surface area contributed by atoms with E-state index in [1.54, 1.807) is 0 Å². The van der Waals surface area contributed by atoms with Crippen molar-refractivity contribution >= 4 is 34.6 Å². The Morgan fingerprint density at radius 1 is 1.33 bits per heavy atom. The number of hydrogen-bond acceptors (Lipinski definition) is 7. The van der Waals surface area contributed by atoms with Crippen molar-refractivity contribution in [3.8, 4) is 11.3 Å². The summed E-state index contributed by atoms with van der Waals surface area (Å²) in [6.07, 6.45) is 0.552. The highest BCUT2D eigenvalue weighted by Gasteiger charge is 2.37. The minimum Gasteiger partial charge on any atom is -0.530 e. The number of carbonyl (C=O) groups excluding carboxylic acids is 1. The molecule has 2 atom stereocenters. The molecule has 30 heavy (non-hydrogen) atoms. The topological polar surface area (TPSA) is 150 Å². The quantitative estimate of drug-likeness (QED) is 0.542. The standard InChI is InChI=1S/C20H26N8O2/c1-3-27(20(29)30)13-5-4-8-28(2,11-13)17-10-15(23-19(22)24-17)12-6-7-14-16(9-12)25-26-18(14)21/h6-7,9-10,13H,3-5,8,11H2,1-2H3,(H5-,21,22,23,24,25,26,29,30)/t13-,28?/m1/s1. The number of likely N-dealkylation sites (N-methyl/N-ethyl adjacent to an activating group) is 2. The lowest BCUT2D eigenvalue weighted by atomic mass is 10.0. The van der Waals surface area contributed by atoms with E-state index in [2.05, 4.69) is 27.2 Å². The maximum Gasteiger partial charge on any atom is 0.232 e. The van der Waals surface area contributed by atoms with Crippen molar-refractivity contribution in [3.05, 3.63) is 24.3 Å². The van der Waals surface area contributed by atoms with Crippen LogP contribution in [-0.2, 0) is 0 Å². The van der Waals surface area contributed by atoms with Crippen LogP contribution in [0.15, 0.2) is 24.3 Å². The van der Waals surface area contributed by atoms with E-state index in [1.165, 1.54) is 4.90 Å². The van der Waals surface area contributed by atoms with Crippen LogP contribution in [0.5, 0.6) is 0 Å². The Morgan fingerprint density at radius 3 is 2.87 bits per heavy atom. The second-order valence-electron chi connectivity index (χ2n) is 7.99. The highest BCUT2D eigenvalue weighted by Crippen LogP contribution is 2.32. The van der Waals surface area contributed by atoms with Gasteiger partial charge in [0, 0.05) is 23.6 Å². The molecule has 0 spiro atoms. The zero-order valence-electron chi connectivity index (χ0n) is 17.1. The molecule has 1 aliphatic rings. The second-order valence-corrected chi connectivity index (χ2v) is 7.99. The molecular weight excluding hydrogens is 384 g/mol. The Bertz CT molecular complexity index is 1100. The number of aromatic nitrogens is 4. The normalized spacial score (nSPS) is 21.6. The van der Waals surface area contributed by atoms with Gasteiger partial charge in [0.2, 0.25) is 11.8 Å². The molecule has 3 aromatic rings. The van der Waals surface area contributed by atoms with Crippen molar-refractivity contribution in [2.45, 2.75) is 25.8 Å². The van der Waals surface area contributed by atoms with Crippen LogP contribution in [0.4, 0.5) is 22.4 Å². The van der Waals surface area contributed by atoms with E-state index in [0.717, 1.165) is 41.7 Å². The average molecular weight is 410 g/mol. The summed E-state index contributed by atoms with van der Waals surface area (Å²) in [5, 5.41) is 19.3. The minimum atomic E-state index is -1.13. The number of hydrogen-bond donors (Lipinski definition) is 3. The van der Waals surface area contributed by atoms with Gasteiger partial charge in [0.15, 0.2) is 5.82 Å². The van der Waals surface area contributed by atoms with E-state index in [1.807, 2.05) is 31.2 Å². The molecule has 1 aromatic carbocycles. The Balaban J connectivity index is 1.70. The van der Waals surface area contributed by atoms with Crippen molar-refractivity contribution in [2.75, 3.05) is 38.1 Å². The number of carboxylic acid groups (broad SMARTS) is 1. The fourth-order valence-electron chi connectivity index (χ4n) is 4.40. The number of piperidine rings is 1. The maximum absolute atomic E-state index is 11.5. The van der Waals surface area contributed by atoms with Crippen LogP contribution in [0.25, 0.3) is 22.2 Å². The number of quaternary nitrogens is 1. The zero-order valence-corrected chi connectivity index (χ0v) is 17.1. The number of aromatic amines is 1. The van der Waals surface area contributed by atoms with Crippen molar-refractivity contribution in [1.29, 1.82) is 0 Å². The number of nitrogens with two attached hydrogens (primary N) is 2. The predicted octanol–water partition coefficient (Wildman–Crippen LogP) is 0.949. The highest BCUT2D eigenvalue weighted by atomic mass is 16.4. The van der Waals surface area contributed by atoms with Crippen LogP contribution in [0.3, 0.4) is 0 Å². The lowest BCUT2D eigenvalue weighted by Gasteiger charge is -2.44. The third-order valence-electron chi connectivity index (χ3n) is 5.99. The number of nitrogen functional groups attached to an aromatic ring is 2. The monoisotopic (exact) mass is 410 g/mol. The zero-order chi connectivity index (χ0) is 21.5. The Hall–Kier alpha value is -3.40. The van der Waals surface area contributed by atoms with Gasteiger partial charge in [-0.25, -0.2) is 4.98 Å². The summed E-state index contributed by atoms with van der Waals surface area (Å²) in [5.41, 5.74) is 14.3. The third-order valence-corrected chi connectivity index (χ3v) is 5.99. The minimum absolute atomic E-state index is 0.122. The van der Waals surface area contributed by atoms with E-state index in [9.17, 15) is 9.90 Å². The average Bonchev–Trinajstić information content (AvgIpc) is 3.08. The number of benzene rings is 1. The van der Waals surface area contributed by atoms with Crippen molar-refractivity contribution in [3.63, 3.8) is 0 Å². The number of H-pyrrole nitrogens is 1. The Kier molecular flexibility index (Phi) is 4.94. The molecule has 0 saturated carbocycles. The molecule has 1 aliphatic heterocycles. The molecule has 10 heteroatoms. The molecule has 5 N–H and O–H groups in total. The molecule has 0 aliphatic carbocycles. The van der Waals surface area contributed by atoms with Gasteiger partial charge in [-0.1, -0.05) is 6.07 Å². The summed E-state index contributed by atoms with van der Waals surface area (Å²) in [7, 11) is 2.06. The van der Waals surface area contributed by atoms with Gasteiger partial charge in [-0.3, -0.25) is 9.58 Å². The van der Waals surface area contributed by atoms with Gasteiger partial charge < -0.3 is 26.3 Å². The van der Waals surface area contributed by atoms with Crippen LogP contribution >= 0.6 is 0 Å². The number of amides is 1. The summed E-state index contributed by atoms with van der Waals surface area (Å²) in [6, 6.07) is 7.55. The Morgan fingerprint density at radius 2 is 2.13 bits per heavy atom. The van der Waals surface area contributed by atoms with Gasteiger partial charge in [0.25, 0.3) is 0 Å². The largest absolute Gasteiger partial charge is 0.530 e. The van der Waals surface area contributed by atoms with E-state index in [-0.39, 0.29) is 12.0 Å². The molecule has 1 fully saturated rings. The van der Waals surface area contributed by atoms with Gasteiger partial charge >= 0.3 is 0 Å². The first kappa shape index (κ1) is 19.9. The molecule has 3 heterocycles. The molecule has 0 radical (unpaired) electrons. The summed E-state index contributed by atoms with van der Waals surface area (Å²) in [6.45, 7) is 3.67. The first-order valence-corrected chi connectivity index (χ1v) is 10.0. The summed E-state index contributed by atoms with van der Waals surface area (Å²) >= 11 is 0. The van der Waals surface area contributed by atoms with Crippen LogP contribution in [0.2, 0.25) is 0 Å².